The Bertz CT molecular complexity index is 1190. The molecule has 0 aromatic heterocycles. The number of ether oxygens (including phenoxy) is 2. The third-order valence-corrected chi connectivity index (χ3v) is 8.06. The summed E-state index contributed by atoms with van der Waals surface area (Å²) in [5.74, 6) is 0.262. The molecule has 1 aliphatic carbocycles. The van der Waals surface area contributed by atoms with E-state index in [9.17, 15) is 18.0 Å². The molecule has 1 unspecified atom stereocenters. The molecule has 1 heterocycles. The van der Waals surface area contributed by atoms with Gasteiger partial charge in [-0.2, -0.15) is 0 Å². The van der Waals surface area contributed by atoms with Crippen molar-refractivity contribution in [3.05, 3.63) is 53.1 Å². The first-order valence-electron chi connectivity index (χ1n) is 11.0. The van der Waals surface area contributed by atoms with Crippen molar-refractivity contribution in [3.63, 3.8) is 0 Å². The summed E-state index contributed by atoms with van der Waals surface area (Å²) in [5.41, 5.74) is 2.07. The first-order valence-corrected chi connectivity index (χ1v) is 12.7. The smallest absolute Gasteiger partial charge is 0.257 e. The summed E-state index contributed by atoms with van der Waals surface area (Å²) in [6.45, 7) is 3.95. The number of benzene rings is 2. The zero-order valence-electron chi connectivity index (χ0n) is 19.0. The molecule has 4 rings (SSSR count). The molecule has 1 saturated carbocycles. The van der Waals surface area contributed by atoms with Crippen molar-refractivity contribution in [1.82, 2.24) is 4.90 Å². The third kappa shape index (κ3) is 4.68. The van der Waals surface area contributed by atoms with E-state index in [4.69, 9.17) is 9.47 Å². The minimum Gasteiger partial charge on any atom is -0.493 e. The van der Waals surface area contributed by atoms with Crippen LogP contribution in [0.25, 0.3) is 0 Å². The number of nitrogens with zero attached hydrogens (tertiary/aromatic N) is 1. The number of hydrogen-bond donors (Lipinski definition) is 1. The van der Waals surface area contributed by atoms with Gasteiger partial charge in [-0.05, 0) is 56.0 Å². The van der Waals surface area contributed by atoms with E-state index >= 15 is 0 Å². The number of anilines is 1. The van der Waals surface area contributed by atoms with Crippen LogP contribution in [0.5, 0.6) is 11.5 Å². The number of nitrogens with one attached hydrogen (secondary N) is 1. The molecule has 1 aliphatic heterocycles. The minimum atomic E-state index is -3.72. The Kier molecular flexibility index (Phi) is 6.34. The van der Waals surface area contributed by atoms with E-state index in [0.29, 0.717) is 40.5 Å². The summed E-state index contributed by atoms with van der Waals surface area (Å²) in [6, 6.07) is 10.2. The number of carbonyl (C=O) groups is 2. The predicted molar refractivity (Wildman–Crippen MR) is 124 cm³/mol. The van der Waals surface area contributed by atoms with Crippen LogP contribution in [0.2, 0.25) is 0 Å². The molecule has 0 bridgehead atoms. The molecule has 0 radical (unpaired) electrons. The van der Waals surface area contributed by atoms with E-state index in [1.807, 2.05) is 6.92 Å². The van der Waals surface area contributed by atoms with Gasteiger partial charge in [0.05, 0.1) is 30.7 Å². The van der Waals surface area contributed by atoms with Crippen LogP contribution >= 0.6 is 0 Å². The molecule has 2 aliphatic rings. The molecule has 2 aromatic carbocycles. The van der Waals surface area contributed by atoms with Crippen LogP contribution in [0.4, 0.5) is 5.69 Å². The highest BCUT2D eigenvalue weighted by Gasteiger charge is 2.39. The molecule has 2 aromatic rings. The number of methoxy groups -OCH3 is 1. The maximum atomic E-state index is 13.2. The van der Waals surface area contributed by atoms with Crippen molar-refractivity contribution in [2.75, 3.05) is 19.0 Å². The number of fused-ring (bicyclic) bond motifs is 1. The Morgan fingerprint density at radius 3 is 2.64 bits per heavy atom. The average molecular weight is 473 g/mol. The summed E-state index contributed by atoms with van der Waals surface area (Å²) in [6.07, 6.45) is 1.71. The van der Waals surface area contributed by atoms with Gasteiger partial charge >= 0.3 is 0 Å². The minimum absolute atomic E-state index is 0.00107. The van der Waals surface area contributed by atoms with Crippen LogP contribution in [0.15, 0.2) is 36.4 Å². The Morgan fingerprint density at radius 1 is 1.21 bits per heavy atom. The molecule has 0 spiro atoms. The van der Waals surface area contributed by atoms with Crippen molar-refractivity contribution in [2.45, 2.75) is 44.4 Å². The summed E-state index contributed by atoms with van der Waals surface area (Å²) < 4.78 is 37.3. The Morgan fingerprint density at radius 2 is 1.97 bits per heavy atom. The van der Waals surface area contributed by atoms with E-state index in [1.54, 1.807) is 36.4 Å². The highest BCUT2D eigenvalue weighted by Crippen LogP contribution is 2.35. The zero-order valence-corrected chi connectivity index (χ0v) is 19.8. The maximum Gasteiger partial charge on any atom is 0.257 e. The lowest BCUT2D eigenvalue weighted by Gasteiger charge is -2.24. The molecule has 8 nitrogen and oxygen atoms in total. The van der Waals surface area contributed by atoms with Gasteiger partial charge in [-0.1, -0.05) is 18.2 Å². The normalized spacial score (nSPS) is 16.3. The number of hydrogen-bond acceptors (Lipinski definition) is 6. The summed E-state index contributed by atoms with van der Waals surface area (Å²) in [5, 5.41) is 1.80. The van der Waals surface area contributed by atoms with Gasteiger partial charge in [0.15, 0.2) is 21.3 Å². The van der Waals surface area contributed by atoms with Gasteiger partial charge in [-0.15, -0.1) is 0 Å². The molecule has 33 heavy (non-hydrogen) atoms. The van der Waals surface area contributed by atoms with Gasteiger partial charge < -0.3 is 19.7 Å². The molecule has 2 amide bonds. The topological polar surface area (TPSA) is 102 Å². The molecule has 1 N–H and O–H groups in total. The molecule has 1 fully saturated rings. The van der Waals surface area contributed by atoms with Crippen LogP contribution in [0.1, 0.15) is 48.2 Å². The Hall–Kier alpha value is -3.07. The highest BCUT2D eigenvalue weighted by molar-refractivity contribution is 7.91. The maximum absolute atomic E-state index is 13.2. The van der Waals surface area contributed by atoms with E-state index < -0.39 is 21.1 Å². The van der Waals surface area contributed by atoms with Gasteiger partial charge in [-0.3, -0.25) is 9.59 Å². The van der Waals surface area contributed by atoms with Gasteiger partial charge in [-0.25, -0.2) is 8.42 Å². The molecular formula is C24H28N2O6S. The van der Waals surface area contributed by atoms with Crippen molar-refractivity contribution >= 4 is 27.3 Å². The third-order valence-electron chi connectivity index (χ3n) is 6.03. The van der Waals surface area contributed by atoms with Gasteiger partial charge in [0.2, 0.25) is 5.91 Å². The van der Waals surface area contributed by atoms with Gasteiger partial charge in [0, 0.05) is 12.5 Å². The van der Waals surface area contributed by atoms with Crippen LogP contribution < -0.4 is 14.8 Å². The van der Waals surface area contributed by atoms with Crippen molar-refractivity contribution in [2.24, 2.45) is 5.92 Å². The van der Waals surface area contributed by atoms with Crippen molar-refractivity contribution in [1.29, 1.82) is 0 Å². The standard InChI is InChI=1S/C24H28N2O6S/c1-4-32-21-12-16(8-11-20(21)31-3)14-33(29,30)15(2)26-13-18-6-5-7-19(22(18)24(26)28)25-23(27)17-9-10-17/h5-8,11-12,15,17H,4,9-10,13-14H2,1-3H3,(H,25,27). The number of sulfone groups is 1. The highest BCUT2D eigenvalue weighted by atomic mass is 32.2. The Balaban J connectivity index is 1.53. The summed E-state index contributed by atoms with van der Waals surface area (Å²) in [4.78, 5) is 26.8. The Labute approximate surface area is 193 Å². The fraction of sp³-hybridized carbons (Fsp3) is 0.417. The fourth-order valence-electron chi connectivity index (χ4n) is 3.99. The molecular weight excluding hydrogens is 444 g/mol. The van der Waals surface area contributed by atoms with E-state index in [2.05, 4.69) is 5.32 Å². The van der Waals surface area contributed by atoms with Crippen LogP contribution in [-0.2, 0) is 26.9 Å². The fourth-order valence-corrected chi connectivity index (χ4v) is 5.43. The lowest BCUT2D eigenvalue weighted by molar-refractivity contribution is -0.117. The van der Waals surface area contributed by atoms with Crippen LogP contribution in [0.3, 0.4) is 0 Å². The number of carbonyl (C=O) groups excluding carboxylic acids is 2. The second-order valence-corrected chi connectivity index (χ2v) is 10.7. The SMILES string of the molecule is CCOc1cc(CS(=O)(=O)C(C)N2Cc3cccc(NC(=O)C4CC4)c3C2=O)ccc1OC. The van der Waals surface area contributed by atoms with Crippen LogP contribution in [-0.4, -0.2) is 44.2 Å². The molecule has 9 heteroatoms. The summed E-state index contributed by atoms with van der Waals surface area (Å²) >= 11 is 0. The quantitative estimate of drug-likeness (QED) is 0.601. The number of rotatable bonds is 9. The van der Waals surface area contributed by atoms with Gasteiger partial charge in [0.1, 0.15) is 5.37 Å². The second kappa shape index (κ2) is 9.05. The number of amides is 2. The van der Waals surface area contributed by atoms with E-state index in [1.165, 1.54) is 18.9 Å². The lowest BCUT2D eigenvalue weighted by Crippen LogP contribution is -2.39. The second-order valence-electron chi connectivity index (χ2n) is 8.36. The lowest BCUT2D eigenvalue weighted by atomic mass is 10.1. The molecule has 0 saturated heterocycles. The van der Waals surface area contributed by atoms with Gasteiger partial charge in [0.25, 0.3) is 5.91 Å². The predicted octanol–water partition coefficient (Wildman–Crippen LogP) is 3.36. The summed E-state index contributed by atoms with van der Waals surface area (Å²) in [7, 11) is -2.19. The first kappa shape index (κ1) is 23.1. The van der Waals surface area contributed by atoms with Crippen LogP contribution in [0, 0.1) is 5.92 Å². The van der Waals surface area contributed by atoms with Crippen molar-refractivity contribution < 1.29 is 27.5 Å². The monoisotopic (exact) mass is 472 g/mol. The van der Waals surface area contributed by atoms with Crippen molar-refractivity contribution in [3.8, 4) is 11.5 Å². The average Bonchev–Trinajstić information content (AvgIpc) is 3.57. The van der Waals surface area contributed by atoms with E-state index in [-0.39, 0.29) is 24.1 Å². The van der Waals surface area contributed by atoms with E-state index in [0.717, 1.165) is 12.8 Å². The largest absolute Gasteiger partial charge is 0.493 e. The first-order chi connectivity index (χ1) is 15.7. The molecule has 176 valence electrons. The molecule has 1 atom stereocenters. The zero-order chi connectivity index (χ0) is 23.8.